The molecule has 0 saturated heterocycles. The summed E-state index contributed by atoms with van der Waals surface area (Å²) in [5.41, 5.74) is 3.04. The molecule has 9 heteroatoms. The van der Waals surface area contributed by atoms with Crippen molar-refractivity contribution in [1.82, 2.24) is 10.3 Å². The van der Waals surface area contributed by atoms with Crippen LogP contribution in [0.5, 0.6) is 5.75 Å². The summed E-state index contributed by atoms with van der Waals surface area (Å²) in [6.07, 6.45) is 0.675. The maximum absolute atomic E-state index is 12.2. The van der Waals surface area contributed by atoms with E-state index in [2.05, 4.69) is 26.2 Å². The van der Waals surface area contributed by atoms with Crippen molar-refractivity contribution in [3.8, 4) is 5.75 Å². The average Bonchev–Trinajstić information content (AvgIpc) is 3.12. The molecule has 0 spiro atoms. The molecule has 0 bridgehead atoms. The van der Waals surface area contributed by atoms with Gasteiger partial charge in [0.15, 0.2) is 0 Å². The molecule has 1 aliphatic rings. The number of ether oxygens (including phenoxy) is 1. The second kappa shape index (κ2) is 5.99. The molecule has 116 valence electrons. The van der Waals surface area contributed by atoms with E-state index in [0.29, 0.717) is 23.7 Å². The molecular weight excluding hydrogens is 392 g/mol. The summed E-state index contributed by atoms with van der Waals surface area (Å²) in [6.45, 7) is 0.552. The number of thiophene rings is 1. The van der Waals surface area contributed by atoms with Crippen LogP contribution in [0.4, 0.5) is 0 Å². The lowest BCUT2D eigenvalue weighted by Crippen LogP contribution is -2.41. The van der Waals surface area contributed by atoms with E-state index < -0.39 is 15.9 Å². The van der Waals surface area contributed by atoms with Gasteiger partial charge in [-0.15, -0.1) is 16.2 Å². The number of hydrogen-bond acceptors (Lipinski definition) is 5. The molecule has 1 amide bonds. The van der Waals surface area contributed by atoms with Crippen LogP contribution in [-0.4, -0.2) is 20.9 Å². The average molecular weight is 403 g/mol. The molecule has 2 N–H and O–H groups in total. The Balaban J connectivity index is 1.72. The standard InChI is InChI=1S/C13H11BrN2O4S2/c14-12-4-3-11(21-12)13(17)15-16-22(18,19)9-1-2-10-8(7-9)5-6-20-10/h1-4,7,16H,5-6H2,(H,15,17). The van der Waals surface area contributed by atoms with Gasteiger partial charge in [0.05, 0.1) is 20.2 Å². The first kappa shape index (κ1) is 15.5. The van der Waals surface area contributed by atoms with Crippen LogP contribution < -0.4 is 15.0 Å². The Kier molecular flexibility index (Phi) is 4.22. The highest BCUT2D eigenvalue weighted by molar-refractivity contribution is 9.11. The minimum atomic E-state index is -3.82. The molecule has 6 nitrogen and oxygen atoms in total. The third-order valence-corrected chi connectivity index (χ3v) is 5.93. The van der Waals surface area contributed by atoms with Crippen LogP contribution in [0.1, 0.15) is 15.2 Å². The predicted molar refractivity (Wildman–Crippen MR) is 85.4 cm³/mol. The molecule has 0 unspecified atom stereocenters. The molecule has 1 aromatic carbocycles. The number of rotatable bonds is 4. The van der Waals surface area contributed by atoms with Gasteiger partial charge in [-0.25, -0.2) is 8.42 Å². The van der Waals surface area contributed by atoms with Crippen molar-refractivity contribution in [2.75, 3.05) is 6.61 Å². The molecule has 1 aliphatic heterocycles. The van der Waals surface area contributed by atoms with Crippen LogP contribution in [-0.2, 0) is 16.4 Å². The van der Waals surface area contributed by atoms with Gasteiger partial charge in [0.25, 0.3) is 15.9 Å². The van der Waals surface area contributed by atoms with E-state index in [4.69, 9.17) is 4.74 Å². The molecule has 0 atom stereocenters. The Morgan fingerprint density at radius 2 is 2.09 bits per heavy atom. The van der Waals surface area contributed by atoms with Gasteiger partial charge < -0.3 is 4.74 Å². The molecule has 0 radical (unpaired) electrons. The third-order valence-electron chi connectivity index (χ3n) is 3.07. The summed E-state index contributed by atoms with van der Waals surface area (Å²) < 4.78 is 30.5. The predicted octanol–water partition coefficient (Wildman–Crippen LogP) is 2.07. The third kappa shape index (κ3) is 3.17. The highest BCUT2D eigenvalue weighted by atomic mass is 79.9. The van der Waals surface area contributed by atoms with Gasteiger partial charge >= 0.3 is 0 Å². The molecule has 2 heterocycles. The number of carbonyl (C=O) groups excluding carboxylic acids is 1. The minimum absolute atomic E-state index is 0.0874. The van der Waals surface area contributed by atoms with Gasteiger partial charge in [0, 0.05) is 6.42 Å². The van der Waals surface area contributed by atoms with Crippen molar-refractivity contribution in [3.05, 3.63) is 44.6 Å². The van der Waals surface area contributed by atoms with Crippen molar-refractivity contribution < 1.29 is 17.9 Å². The lowest BCUT2D eigenvalue weighted by Gasteiger charge is -2.08. The summed E-state index contributed by atoms with van der Waals surface area (Å²) >= 11 is 4.46. The number of halogens is 1. The first-order chi connectivity index (χ1) is 10.5. The number of amides is 1. The molecular formula is C13H11BrN2O4S2. The van der Waals surface area contributed by atoms with Gasteiger partial charge in [-0.1, -0.05) is 0 Å². The first-order valence-electron chi connectivity index (χ1n) is 6.29. The lowest BCUT2D eigenvalue weighted by atomic mass is 10.2. The van der Waals surface area contributed by atoms with E-state index in [1.54, 1.807) is 24.3 Å². The van der Waals surface area contributed by atoms with Crippen LogP contribution in [0.25, 0.3) is 0 Å². The second-order valence-corrected chi connectivity index (χ2v) is 8.68. The smallest absolute Gasteiger partial charge is 0.276 e. The molecule has 0 aliphatic carbocycles. The second-order valence-electron chi connectivity index (χ2n) is 4.53. The van der Waals surface area contributed by atoms with Gasteiger partial charge in [0.2, 0.25) is 0 Å². The van der Waals surface area contributed by atoms with Gasteiger partial charge in [-0.05, 0) is 51.8 Å². The van der Waals surface area contributed by atoms with Crippen LogP contribution >= 0.6 is 27.3 Å². The zero-order valence-electron chi connectivity index (χ0n) is 11.1. The van der Waals surface area contributed by atoms with E-state index >= 15 is 0 Å². The van der Waals surface area contributed by atoms with Gasteiger partial charge in [-0.2, -0.15) is 0 Å². The van der Waals surface area contributed by atoms with E-state index in [-0.39, 0.29) is 4.90 Å². The highest BCUT2D eigenvalue weighted by Gasteiger charge is 2.20. The monoisotopic (exact) mass is 402 g/mol. The van der Waals surface area contributed by atoms with Gasteiger partial charge in [0.1, 0.15) is 5.75 Å². The van der Waals surface area contributed by atoms with Crippen LogP contribution in [0.15, 0.2) is 39.0 Å². The van der Waals surface area contributed by atoms with Gasteiger partial charge in [-0.3, -0.25) is 10.2 Å². The van der Waals surface area contributed by atoms with Crippen molar-refractivity contribution >= 4 is 43.2 Å². The number of benzene rings is 1. The maximum atomic E-state index is 12.2. The highest BCUT2D eigenvalue weighted by Crippen LogP contribution is 2.27. The summed E-state index contributed by atoms with van der Waals surface area (Å²) in [6, 6.07) is 7.94. The Labute approximate surface area is 139 Å². The SMILES string of the molecule is O=C(NNS(=O)(=O)c1ccc2c(c1)CCO2)c1ccc(Br)s1. The number of fused-ring (bicyclic) bond motifs is 1. The molecule has 3 rings (SSSR count). The number of hydrogen-bond donors (Lipinski definition) is 2. The minimum Gasteiger partial charge on any atom is -0.493 e. The zero-order valence-corrected chi connectivity index (χ0v) is 14.3. The Hall–Kier alpha value is -1.42. The van der Waals surface area contributed by atoms with Crippen LogP contribution in [0.2, 0.25) is 0 Å². The fourth-order valence-corrected chi connectivity index (χ4v) is 4.17. The topological polar surface area (TPSA) is 84.5 Å². The largest absolute Gasteiger partial charge is 0.493 e. The number of sulfonamides is 1. The summed E-state index contributed by atoms with van der Waals surface area (Å²) in [5.74, 6) is 0.190. The Morgan fingerprint density at radius 3 is 2.82 bits per heavy atom. The van der Waals surface area contributed by atoms with Crippen molar-refractivity contribution in [2.45, 2.75) is 11.3 Å². The van der Waals surface area contributed by atoms with Crippen molar-refractivity contribution in [1.29, 1.82) is 0 Å². The fraction of sp³-hybridized carbons (Fsp3) is 0.154. The van der Waals surface area contributed by atoms with Crippen molar-refractivity contribution in [3.63, 3.8) is 0 Å². The number of nitrogens with one attached hydrogen (secondary N) is 2. The normalized spacial score (nSPS) is 13.5. The van der Waals surface area contributed by atoms with E-state index in [9.17, 15) is 13.2 Å². The van der Waals surface area contributed by atoms with E-state index in [1.165, 1.54) is 17.4 Å². The summed E-state index contributed by atoms with van der Waals surface area (Å²) in [5, 5.41) is 0. The molecule has 2 aromatic rings. The molecule has 0 saturated carbocycles. The lowest BCUT2D eigenvalue weighted by molar-refractivity contribution is 0.0949. The first-order valence-corrected chi connectivity index (χ1v) is 9.38. The van der Waals surface area contributed by atoms with Crippen LogP contribution in [0.3, 0.4) is 0 Å². The zero-order chi connectivity index (χ0) is 15.7. The van der Waals surface area contributed by atoms with E-state index in [1.807, 2.05) is 0 Å². The number of carbonyl (C=O) groups is 1. The fourth-order valence-electron chi connectivity index (χ4n) is 2.00. The Morgan fingerprint density at radius 1 is 1.27 bits per heavy atom. The van der Waals surface area contributed by atoms with Crippen LogP contribution in [0, 0.1) is 0 Å². The quantitative estimate of drug-likeness (QED) is 0.766. The molecule has 22 heavy (non-hydrogen) atoms. The Bertz CT molecular complexity index is 832. The van der Waals surface area contributed by atoms with E-state index in [0.717, 1.165) is 9.35 Å². The molecule has 1 aromatic heterocycles. The summed E-state index contributed by atoms with van der Waals surface area (Å²) in [7, 11) is -3.82. The number of hydrazine groups is 1. The maximum Gasteiger partial charge on any atom is 0.276 e. The molecule has 0 fully saturated rings. The van der Waals surface area contributed by atoms with Crippen molar-refractivity contribution in [2.24, 2.45) is 0 Å². The summed E-state index contributed by atoms with van der Waals surface area (Å²) in [4.78, 5) is 14.4.